The van der Waals surface area contributed by atoms with Crippen molar-refractivity contribution in [3.63, 3.8) is 0 Å². The van der Waals surface area contributed by atoms with Crippen molar-refractivity contribution in [2.45, 2.75) is 6.92 Å². The highest BCUT2D eigenvalue weighted by atomic mass is 79.9. The average molecular weight is 295 g/mol. The zero-order valence-corrected chi connectivity index (χ0v) is 11.6. The molecule has 0 nitrogen and oxygen atoms in total. The zero-order chi connectivity index (χ0) is 12.8. The van der Waals surface area contributed by atoms with Crippen LogP contribution in [0.3, 0.4) is 0 Å². The van der Waals surface area contributed by atoms with Gasteiger partial charge in [0, 0.05) is 15.6 Å². The monoisotopic (exact) mass is 294 g/mol. The first-order chi connectivity index (χ1) is 8.77. The van der Waals surface area contributed by atoms with Gasteiger partial charge in [-0.2, -0.15) is 0 Å². The van der Waals surface area contributed by atoms with Crippen LogP contribution in [0, 0.1) is 30.6 Å². The van der Waals surface area contributed by atoms with Gasteiger partial charge in [0.15, 0.2) is 0 Å². The van der Waals surface area contributed by atoms with Crippen LogP contribution in [0.15, 0.2) is 53.0 Å². The third-order valence-corrected chi connectivity index (χ3v) is 3.17. The van der Waals surface area contributed by atoms with Crippen molar-refractivity contribution in [1.29, 1.82) is 0 Å². The summed E-state index contributed by atoms with van der Waals surface area (Å²) >= 11 is 3.45. The van der Waals surface area contributed by atoms with Gasteiger partial charge in [0.2, 0.25) is 0 Å². The van der Waals surface area contributed by atoms with Gasteiger partial charge in [0.25, 0.3) is 0 Å². The summed E-state index contributed by atoms with van der Waals surface area (Å²) in [7, 11) is 0. The predicted molar refractivity (Wildman–Crippen MR) is 79.1 cm³/mol. The van der Waals surface area contributed by atoms with Crippen molar-refractivity contribution in [2.24, 2.45) is 0 Å². The van der Waals surface area contributed by atoms with Crippen molar-refractivity contribution >= 4 is 15.9 Å². The lowest BCUT2D eigenvalue weighted by Gasteiger charge is -1.93. The molecule has 0 N–H and O–H groups in total. The highest BCUT2D eigenvalue weighted by Gasteiger charge is 1.91. The molecule has 1 heteroatoms. The van der Waals surface area contributed by atoms with Crippen LogP contribution < -0.4 is 0 Å². The lowest BCUT2D eigenvalue weighted by Crippen LogP contribution is -1.79. The van der Waals surface area contributed by atoms with E-state index in [1.807, 2.05) is 55.5 Å². The van der Waals surface area contributed by atoms with Gasteiger partial charge in [-0.05, 0) is 58.5 Å². The molecule has 2 aromatic carbocycles. The Morgan fingerprint density at radius 3 is 2.00 bits per heavy atom. The van der Waals surface area contributed by atoms with Crippen molar-refractivity contribution in [3.05, 3.63) is 69.7 Å². The fourth-order valence-corrected chi connectivity index (χ4v) is 1.86. The second-order valence-electron chi connectivity index (χ2n) is 3.79. The predicted octanol–water partition coefficient (Wildman–Crippen LogP) is 4.16. The third-order valence-electron chi connectivity index (χ3n) is 2.48. The summed E-state index contributed by atoms with van der Waals surface area (Å²) in [5.74, 6) is 11.9. The number of hydrogen-bond donors (Lipinski definition) is 0. The Balaban J connectivity index is 2.20. The van der Waals surface area contributed by atoms with Gasteiger partial charge in [-0.1, -0.05) is 42.2 Å². The minimum atomic E-state index is 0.955. The van der Waals surface area contributed by atoms with Crippen LogP contribution in [0.25, 0.3) is 0 Å². The molecule has 2 rings (SSSR count). The molecule has 0 saturated carbocycles. The average Bonchev–Trinajstić information content (AvgIpc) is 2.38. The molecule has 0 aromatic heterocycles. The van der Waals surface area contributed by atoms with Gasteiger partial charge in [0.05, 0.1) is 0 Å². The highest BCUT2D eigenvalue weighted by Crippen LogP contribution is 2.13. The molecule has 0 fully saturated rings. The molecule has 0 bridgehead atoms. The van der Waals surface area contributed by atoms with E-state index < -0.39 is 0 Å². The van der Waals surface area contributed by atoms with Gasteiger partial charge in [-0.3, -0.25) is 0 Å². The molecule has 86 valence electrons. The Morgan fingerprint density at radius 2 is 1.33 bits per heavy atom. The number of halogens is 1. The number of rotatable bonds is 0. The third kappa shape index (κ3) is 3.27. The van der Waals surface area contributed by atoms with Crippen LogP contribution in [0.1, 0.15) is 16.7 Å². The fourth-order valence-electron chi connectivity index (χ4n) is 1.47. The van der Waals surface area contributed by atoms with Gasteiger partial charge in [0.1, 0.15) is 0 Å². The summed E-state index contributed by atoms with van der Waals surface area (Å²) in [6.45, 7) is 2.05. The van der Waals surface area contributed by atoms with E-state index in [0.29, 0.717) is 0 Å². The molecular weight excluding hydrogens is 284 g/mol. The Morgan fingerprint density at radius 1 is 0.778 bits per heavy atom. The second kappa shape index (κ2) is 6.10. The van der Waals surface area contributed by atoms with Gasteiger partial charge >= 0.3 is 0 Å². The van der Waals surface area contributed by atoms with Gasteiger partial charge in [-0.15, -0.1) is 0 Å². The summed E-state index contributed by atoms with van der Waals surface area (Å²) in [5, 5.41) is 0. The molecule has 0 aliphatic carbocycles. The SMILES string of the molecule is Cc1ccccc1C#CC#Cc1ccccc1Br. The van der Waals surface area contributed by atoms with Crippen LogP contribution in [-0.4, -0.2) is 0 Å². The zero-order valence-electron chi connectivity index (χ0n) is 10.00. The van der Waals surface area contributed by atoms with Crippen LogP contribution in [0.5, 0.6) is 0 Å². The molecule has 0 radical (unpaired) electrons. The molecule has 0 atom stereocenters. The molecule has 18 heavy (non-hydrogen) atoms. The smallest absolute Gasteiger partial charge is 0.0397 e. The summed E-state index contributed by atoms with van der Waals surface area (Å²) in [4.78, 5) is 0. The normalized spacial score (nSPS) is 8.78. The summed E-state index contributed by atoms with van der Waals surface area (Å²) in [6.07, 6.45) is 0. The van der Waals surface area contributed by atoms with E-state index in [2.05, 4.69) is 39.6 Å². The summed E-state index contributed by atoms with van der Waals surface area (Å²) in [5.41, 5.74) is 3.16. The second-order valence-corrected chi connectivity index (χ2v) is 4.65. The van der Waals surface area contributed by atoms with E-state index in [1.165, 1.54) is 5.56 Å². The van der Waals surface area contributed by atoms with E-state index in [9.17, 15) is 0 Å². The Labute approximate surface area is 116 Å². The minimum Gasteiger partial charge on any atom is -0.0619 e. The molecule has 0 unspecified atom stereocenters. The quantitative estimate of drug-likeness (QED) is 0.640. The highest BCUT2D eigenvalue weighted by molar-refractivity contribution is 9.10. The van der Waals surface area contributed by atoms with Crippen LogP contribution in [0.2, 0.25) is 0 Å². The van der Waals surface area contributed by atoms with Crippen molar-refractivity contribution in [3.8, 4) is 23.7 Å². The maximum absolute atomic E-state index is 3.45. The van der Waals surface area contributed by atoms with Crippen molar-refractivity contribution in [2.75, 3.05) is 0 Å². The molecule has 0 heterocycles. The standard InChI is InChI=1S/C17H11Br/c1-14-8-2-3-9-15(14)10-4-5-11-16-12-6-7-13-17(16)18/h2-3,6-9,12-13H,1H3. The van der Waals surface area contributed by atoms with Crippen LogP contribution in [0.4, 0.5) is 0 Å². The molecule has 0 saturated heterocycles. The number of benzene rings is 2. The van der Waals surface area contributed by atoms with Gasteiger partial charge < -0.3 is 0 Å². The Hall–Kier alpha value is -1.96. The topological polar surface area (TPSA) is 0 Å². The first-order valence-corrected chi connectivity index (χ1v) is 6.39. The maximum atomic E-state index is 3.45. The van der Waals surface area contributed by atoms with Crippen LogP contribution in [-0.2, 0) is 0 Å². The first-order valence-electron chi connectivity index (χ1n) is 5.59. The van der Waals surface area contributed by atoms with E-state index in [-0.39, 0.29) is 0 Å². The Bertz CT molecular complexity index is 614. The number of hydrogen-bond acceptors (Lipinski definition) is 0. The van der Waals surface area contributed by atoms with Crippen LogP contribution >= 0.6 is 15.9 Å². The maximum Gasteiger partial charge on any atom is 0.0397 e. The molecule has 0 spiro atoms. The minimum absolute atomic E-state index is 0.955. The van der Waals surface area contributed by atoms with E-state index in [1.54, 1.807) is 0 Å². The van der Waals surface area contributed by atoms with Gasteiger partial charge in [-0.25, -0.2) is 0 Å². The summed E-state index contributed by atoms with van der Waals surface area (Å²) in [6, 6.07) is 15.9. The molecule has 2 aromatic rings. The largest absolute Gasteiger partial charge is 0.0619 e. The first kappa shape index (κ1) is 12.5. The Kier molecular flexibility index (Phi) is 4.24. The molecular formula is C17H11Br. The fraction of sp³-hybridized carbons (Fsp3) is 0.0588. The summed E-state index contributed by atoms with van der Waals surface area (Å²) < 4.78 is 0.996. The number of aryl methyl sites for hydroxylation is 1. The lowest BCUT2D eigenvalue weighted by atomic mass is 10.1. The van der Waals surface area contributed by atoms with E-state index in [4.69, 9.17) is 0 Å². The van der Waals surface area contributed by atoms with E-state index in [0.717, 1.165) is 15.6 Å². The molecule has 0 aliphatic rings. The molecule has 0 aliphatic heterocycles. The lowest BCUT2D eigenvalue weighted by molar-refractivity contribution is 1.44. The van der Waals surface area contributed by atoms with Crippen molar-refractivity contribution in [1.82, 2.24) is 0 Å². The van der Waals surface area contributed by atoms with E-state index >= 15 is 0 Å². The van der Waals surface area contributed by atoms with Crippen molar-refractivity contribution < 1.29 is 0 Å². The molecule has 0 amide bonds.